The van der Waals surface area contributed by atoms with E-state index in [9.17, 15) is 4.39 Å². The van der Waals surface area contributed by atoms with Gasteiger partial charge >= 0.3 is 0 Å². The maximum Gasteiger partial charge on any atom is 0.126 e. The Labute approximate surface area is 119 Å². The highest BCUT2D eigenvalue weighted by molar-refractivity contribution is 5.46. The Morgan fingerprint density at radius 2 is 2.00 bits per heavy atom. The molecule has 2 rings (SSSR count). The summed E-state index contributed by atoms with van der Waals surface area (Å²) in [6, 6.07) is 12.5. The SMILES string of the molecule is CCCNc1cccc(CN(C)c2cccc(F)c2)n1. The van der Waals surface area contributed by atoms with E-state index in [0.29, 0.717) is 6.54 Å². The van der Waals surface area contributed by atoms with Crippen LogP contribution in [-0.2, 0) is 6.54 Å². The molecule has 0 radical (unpaired) electrons. The molecular weight excluding hydrogens is 253 g/mol. The minimum Gasteiger partial charge on any atom is -0.370 e. The molecule has 0 aliphatic heterocycles. The van der Waals surface area contributed by atoms with Crippen LogP contribution in [0.1, 0.15) is 19.0 Å². The molecule has 2 aromatic rings. The van der Waals surface area contributed by atoms with Gasteiger partial charge < -0.3 is 10.2 Å². The van der Waals surface area contributed by atoms with Gasteiger partial charge in [0, 0.05) is 19.3 Å². The largest absolute Gasteiger partial charge is 0.370 e. The van der Waals surface area contributed by atoms with Gasteiger partial charge in [-0.05, 0) is 36.8 Å². The number of pyridine rings is 1. The second-order valence-electron chi connectivity index (χ2n) is 4.78. The minimum atomic E-state index is -0.222. The molecule has 0 atom stereocenters. The second-order valence-corrected chi connectivity index (χ2v) is 4.78. The number of anilines is 2. The van der Waals surface area contributed by atoms with Gasteiger partial charge in [-0.25, -0.2) is 9.37 Å². The fourth-order valence-corrected chi connectivity index (χ4v) is 1.97. The standard InChI is InChI=1S/C16H20FN3/c1-3-10-18-16-9-5-7-14(19-16)12-20(2)15-8-4-6-13(17)11-15/h4-9,11H,3,10,12H2,1-2H3,(H,18,19). The molecule has 0 amide bonds. The first-order valence-corrected chi connectivity index (χ1v) is 6.85. The molecule has 4 heteroatoms. The minimum absolute atomic E-state index is 0.222. The van der Waals surface area contributed by atoms with Crippen molar-refractivity contribution in [2.24, 2.45) is 0 Å². The first-order chi connectivity index (χ1) is 9.69. The summed E-state index contributed by atoms with van der Waals surface area (Å²) >= 11 is 0. The van der Waals surface area contributed by atoms with Crippen molar-refractivity contribution in [2.45, 2.75) is 19.9 Å². The van der Waals surface area contributed by atoms with Gasteiger partial charge in [0.2, 0.25) is 0 Å². The lowest BCUT2D eigenvalue weighted by molar-refractivity contribution is 0.627. The van der Waals surface area contributed by atoms with Crippen LogP contribution in [0.4, 0.5) is 15.9 Å². The molecule has 0 fully saturated rings. The van der Waals surface area contributed by atoms with E-state index in [4.69, 9.17) is 0 Å². The van der Waals surface area contributed by atoms with Crippen LogP contribution < -0.4 is 10.2 Å². The van der Waals surface area contributed by atoms with Crippen molar-refractivity contribution in [1.29, 1.82) is 0 Å². The summed E-state index contributed by atoms with van der Waals surface area (Å²) in [6.07, 6.45) is 1.06. The molecular formula is C16H20FN3. The van der Waals surface area contributed by atoms with Crippen LogP contribution in [0.15, 0.2) is 42.5 Å². The van der Waals surface area contributed by atoms with E-state index in [1.54, 1.807) is 6.07 Å². The number of halogens is 1. The molecule has 0 saturated heterocycles. The summed E-state index contributed by atoms with van der Waals surface area (Å²) in [5, 5.41) is 3.27. The number of nitrogens with zero attached hydrogens (tertiary/aromatic N) is 2. The Kier molecular flexibility index (Phi) is 4.93. The first kappa shape index (κ1) is 14.3. The van der Waals surface area contributed by atoms with Crippen LogP contribution in [0.5, 0.6) is 0 Å². The number of hydrogen-bond donors (Lipinski definition) is 1. The third-order valence-electron chi connectivity index (χ3n) is 3.01. The summed E-state index contributed by atoms with van der Waals surface area (Å²) in [7, 11) is 1.93. The molecule has 1 N–H and O–H groups in total. The van der Waals surface area contributed by atoms with Crippen molar-refractivity contribution in [2.75, 3.05) is 23.8 Å². The maximum absolute atomic E-state index is 13.2. The van der Waals surface area contributed by atoms with E-state index in [1.165, 1.54) is 12.1 Å². The molecule has 1 aromatic carbocycles. The summed E-state index contributed by atoms with van der Waals surface area (Å²) in [4.78, 5) is 6.53. The Bertz CT molecular complexity index is 557. The molecule has 106 valence electrons. The zero-order valence-corrected chi connectivity index (χ0v) is 11.9. The predicted molar refractivity (Wildman–Crippen MR) is 81.5 cm³/mol. The average Bonchev–Trinajstić information content (AvgIpc) is 2.45. The average molecular weight is 273 g/mol. The van der Waals surface area contributed by atoms with Crippen LogP contribution in [0.3, 0.4) is 0 Å². The third-order valence-corrected chi connectivity index (χ3v) is 3.01. The smallest absolute Gasteiger partial charge is 0.126 e. The van der Waals surface area contributed by atoms with Gasteiger partial charge in [-0.2, -0.15) is 0 Å². The van der Waals surface area contributed by atoms with Gasteiger partial charge in [0.05, 0.1) is 12.2 Å². The Balaban J connectivity index is 2.05. The Hall–Kier alpha value is -2.10. The quantitative estimate of drug-likeness (QED) is 0.870. The van der Waals surface area contributed by atoms with E-state index >= 15 is 0 Å². The van der Waals surface area contributed by atoms with Crippen molar-refractivity contribution < 1.29 is 4.39 Å². The van der Waals surface area contributed by atoms with E-state index in [-0.39, 0.29) is 5.82 Å². The second kappa shape index (κ2) is 6.89. The predicted octanol–water partition coefficient (Wildman–Crippen LogP) is 3.68. The van der Waals surface area contributed by atoms with E-state index in [1.807, 2.05) is 36.2 Å². The van der Waals surface area contributed by atoms with Gasteiger partial charge in [-0.1, -0.05) is 19.1 Å². The van der Waals surface area contributed by atoms with Crippen LogP contribution >= 0.6 is 0 Å². The van der Waals surface area contributed by atoms with Crippen LogP contribution in [0.2, 0.25) is 0 Å². The maximum atomic E-state index is 13.2. The van der Waals surface area contributed by atoms with Crippen LogP contribution in [-0.4, -0.2) is 18.6 Å². The molecule has 1 heterocycles. The van der Waals surface area contributed by atoms with Gasteiger partial charge in [0.25, 0.3) is 0 Å². The molecule has 0 aliphatic rings. The zero-order chi connectivity index (χ0) is 14.4. The van der Waals surface area contributed by atoms with E-state index in [2.05, 4.69) is 17.2 Å². The lowest BCUT2D eigenvalue weighted by atomic mass is 10.2. The monoisotopic (exact) mass is 273 g/mol. The molecule has 0 aliphatic carbocycles. The van der Waals surface area contributed by atoms with Crippen molar-refractivity contribution in [3.8, 4) is 0 Å². The molecule has 1 aromatic heterocycles. The highest BCUT2D eigenvalue weighted by atomic mass is 19.1. The highest BCUT2D eigenvalue weighted by Gasteiger charge is 2.05. The van der Waals surface area contributed by atoms with Gasteiger partial charge in [0.1, 0.15) is 11.6 Å². The number of benzene rings is 1. The molecule has 0 spiro atoms. The normalized spacial score (nSPS) is 10.3. The van der Waals surface area contributed by atoms with E-state index < -0.39 is 0 Å². The Morgan fingerprint density at radius 1 is 1.20 bits per heavy atom. The van der Waals surface area contributed by atoms with Gasteiger partial charge in [-0.15, -0.1) is 0 Å². The number of aromatic nitrogens is 1. The van der Waals surface area contributed by atoms with Gasteiger partial charge in [0.15, 0.2) is 0 Å². The Morgan fingerprint density at radius 3 is 2.75 bits per heavy atom. The molecule has 20 heavy (non-hydrogen) atoms. The zero-order valence-electron chi connectivity index (χ0n) is 11.9. The molecule has 0 bridgehead atoms. The summed E-state index contributed by atoms with van der Waals surface area (Å²) in [6.45, 7) is 3.68. The fraction of sp³-hybridized carbons (Fsp3) is 0.312. The van der Waals surface area contributed by atoms with Gasteiger partial charge in [-0.3, -0.25) is 0 Å². The van der Waals surface area contributed by atoms with Crippen molar-refractivity contribution in [1.82, 2.24) is 4.98 Å². The summed E-state index contributed by atoms with van der Waals surface area (Å²) in [5.74, 6) is 0.665. The summed E-state index contributed by atoms with van der Waals surface area (Å²) in [5.41, 5.74) is 1.80. The van der Waals surface area contributed by atoms with Crippen molar-refractivity contribution in [3.05, 3.63) is 54.0 Å². The lowest BCUT2D eigenvalue weighted by Gasteiger charge is -2.19. The fourth-order valence-electron chi connectivity index (χ4n) is 1.97. The van der Waals surface area contributed by atoms with Crippen LogP contribution in [0.25, 0.3) is 0 Å². The molecule has 3 nitrogen and oxygen atoms in total. The third kappa shape index (κ3) is 3.95. The van der Waals surface area contributed by atoms with Crippen molar-refractivity contribution in [3.63, 3.8) is 0 Å². The molecule has 0 saturated carbocycles. The first-order valence-electron chi connectivity index (χ1n) is 6.85. The number of rotatable bonds is 6. The number of nitrogens with one attached hydrogen (secondary N) is 1. The highest BCUT2D eigenvalue weighted by Crippen LogP contribution is 2.16. The molecule has 0 unspecified atom stereocenters. The van der Waals surface area contributed by atoms with E-state index in [0.717, 1.165) is 30.2 Å². The van der Waals surface area contributed by atoms with Crippen molar-refractivity contribution >= 4 is 11.5 Å². The van der Waals surface area contributed by atoms with Crippen LogP contribution in [0, 0.1) is 5.82 Å². The summed E-state index contributed by atoms with van der Waals surface area (Å²) < 4.78 is 13.2. The lowest BCUT2D eigenvalue weighted by Crippen LogP contribution is -2.17. The number of hydrogen-bond acceptors (Lipinski definition) is 3. The topological polar surface area (TPSA) is 28.2 Å².